The molecule has 4 rings (SSSR count). The fourth-order valence-corrected chi connectivity index (χ4v) is 5.28. The van der Waals surface area contributed by atoms with Crippen molar-refractivity contribution in [3.8, 4) is 0 Å². The summed E-state index contributed by atoms with van der Waals surface area (Å²) in [5.41, 5.74) is 8.66. The molecule has 1 fully saturated rings. The third-order valence-electron chi connectivity index (χ3n) is 5.12. The SMILES string of the molecule is NCc1cccc(Cl)c1N1c2ccccc2SC1NC(=O)C1CCCC1. The Kier molecular flexibility index (Phi) is 5.11. The van der Waals surface area contributed by atoms with Gasteiger partial charge in [-0.15, -0.1) is 0 Å². The van der Waals surface area contributed by atoms with Gasteiger partial charge in [0, 0.05) is 17.4 Å². The summed E-state index contributed by atoms with van der Waals surface area (Å²) in [6, 6.07) is 13.9. The number of carbonyl (C=O) groups excluding carboxylic acids is 1. The van der Waals surface area contributed by atoms with Crippen LogP contribution in [0.25, 0.3) is 0 Å². The Morgan fingerprint density at radius 3 is 2.73 bits per heavy atom. The van der Waals surface area contributed by atoms with Crippen LogP contribution in [0.3, 0.4) is 0 Å². The summed E-state index contributed by atoms with van der Waals surface area (Å²) in [6.07, 6.45) is 4.25. The zero-order valence-electron chi connectivity index (χ0n) is 14.5. The average molecular weight is 388 g/mol. The lowest BCUT2D eigenvalue weighted by atomic mass is 10.1. The van der Waals surface area contributed by atoms with Crippen molar-refractivity contribution >= 4 is 40.6 Å². The van der Waals surface area contributed by atoms with E-state index in [1.165, 1.54) is 0 Å². The van der Waals surface area contributed by atoms with Crippen LogP contribution in [-0.4, -0.2) is 11.4 Å². The van der Waals surface area contributed by atoms with E-state index in [4.69, 9.17) is 17.3 Å². The molecule has 0 spiro atoms. The molecule has 2 aromatic rings. The van der Waals surface area contributed by atoms with Crippen LogP contribution in [0.5, 0.6) is 0 Å². The number of thioether (sulfide) groups is 1. The van der Waals surface area contributed by atoms with Gasteiger partial charge in [0.1, 0.15) is 0 Å². The van der Waals surface area contributed by atoms with Gasteiger partial charge in [0.25, 0.3) is 0 Å². The molecule has 1 amide bonds. The predicted octanol–water partition coefficient (Wildman–Crippen LogP) is 4.63. The number of hydrogen-bond donors (Lipinski definition) is 2. The van der Waals surface area contributed by atoms with Crippen LogP contribution in [0.15, 0.2) is 47.4 Å². The Bertz CT molecular complexity index is 822. The maximum absolute atomic E-state index is 12.8. The highest BCUT2D eigenvalue weighted by Crippen LogP contribution is 2.49. The lowest BCUT2D eigenvalue weighted by Crippen LogP contribution is -2.44. The minimum atomic E-state index is -0.217. The normalized spacial score (nSPS) is 19.6. The summed E-state index contributed by atoms with van der Waals surface area (Å²) in [7, 11) is 0. The third kappa shape index (κ3) is 3.20. The van der Waals surface area contributed by atoms with Gasteiger partial charge in [-0.2, -0.15) is 0 Å². The van der Waals surface area contributed by atoms with Crippen LogP contribution in [0.4, 0.5) is 11.4 Å². The molecule has 0 radical (unpaired) electrons. The first-order valence-electron chi connectivity index (χ1n) is 9.02. The number of para-hydroxylation sites is 2. The second-order valence-corrected chi connectivity index (χ2v) is 8.28. The van der Waals surface area contributed by atoms with Crippen molar-refractivity contribution in [2.75, 3.05) is 4.90 Å². The zero-order valence-corrected chi connectivity index (χ0v) is 16.0. The summed E-state index contributed by atoms with van der Waals surface area (Å²) in [5.74, 6) is 0.264. The van der Waals surface area contributed by atoms with Gasteiger partial charge in [0.2, 0.25) is 5.91 Å². The molecular weight excluding hydrogens is 366 g/mol. The summed E-state index contributed by atoms with van der Waals surface area (Å²) < 4.78 is 0. The summed E-state index contributed by atoms with van der Waals surface area (Å²) >= 11 is 8.21. The molecule has 1 saturated carbocycles. The van der Waals surface area contributed by atoms with Gasteiger partial charge in [-0.05, 0) is 36.6 Å². The number of benzene rings is 2. The van der Waals surface area contributed by atoms with E-state index in [0.717, 1.165) is 47.5 Å². The van der Waals surface area contributed by atoms with Crippen LogP contribution < -0.4 is 16.0 Å². The fraction of sp³-hybridized carbons (Fsp3) is 0.350. The van der Waals surface area contributed by atoms with Crippen molar-refractivity contribution in [3.05, 3.63) is 53.1 Å². The maximum atomic E-state index is 12.8. The molecule has 4 nitrogen and oxygen atoms in total. The lowest BCUT2D eigenvalue weighted by molar-refractivity contribution is -0.124. The third-order valence-corrected chi connectivity index (χ3v) is 6.58. The first-order chi connectivity index (χ1) is 12.7. The number of rotatable bonds is 4. The van der Waals surface area contributed by atoms with Gasteiger partial charge in [-0.25, -0.2) is 0 Å². The molecule has 2 aliphatic rings. The second kappa shape index (κ2) is 7.51. The number of fused-ring (bicyclic) bond motifs is 1. The van der Waals surface area contributed by atoms with E-state index in [1.807, 2.05) is 30.3 Å². The molecule has 136 valence electrons. The van der Waals surface area contributed by atoms with Crippen molar-refractivity contribution in [3.63, 3.8) is 0 Å². The number of anilines is 2. The number of nitrogens with two attached hydrogens (primary N) is 1. The molecule has 2 aromatic carbocycles. The summed E-state index contributed by atoms with van der Waals surface area (Å²) in [6.45, 7) is 0.391. The monoisotopic (exact) mass is 387 g/mol. The van der Waals surface area contributed by atoms with Gasteiger partial charge in [-0.1, -0.05) is 60.5 Å². The molecule has 0 bridgehead atoms. The molecule has 26 heavy (non-hydrogen) atoms. The number of amides is 1. The van der Waals surface area contributed by atoms with Crippen molar-refractivity contribution in [2.24, 2.45) is 11.7 Å². The van der Waals surface area contributed by atoms with Gasteiger partial charge in [-0.3, -0.25) is 4.79 Å². The van der Waals surface area contributed by atoms with Crippen molar-refractivity contribution in [1.82, 2.24) is 5.32 Å². The van der Waals surface area contributed by atoms with Crippen molar-refractivity contribution < 1.29 is 4.79 Å². The van der Waals surface area contributed by atoms with E-state index in [9.17, 15) is 4.79 Å². The number of carbonyl (C=O) groups is 1. The number of nitrogens with zero attached hydrogens (tertiary/aromatic N) is 1. The van der Waals surface area contributed by atoms with E-state index in [0.29, 0.717) is 11.6 Å². The first kappa shape index (κ1) is 17.7. The standard InChI is InChI=1S/C20H22ClN3OS/c21-15-9-5-8-14(12-22)18(15)24-16-10-3-4-11-17(16)26-20(24)23-19(25)13-6-1-2-7-13/h3-5,8-11,13,20H,1-2,6-7,12,22H2,(H,23,25). The van der Waals surface area contributed by atoms with E-state index in [-0.39, 0.29) is 17.3 Å². The molecule has 6 heteroatoms. The highest BCUT2D eigenvalue weighted by molar-refractivity contribution is 8.00. The quantitative estimate of drug-likeness (QED) is 0.802. The Morgan fingerprint density at radius 1 is 1.19 bits per heavy atom. The largest absolute Gasteiger partial charge is 0.326 e. The van der Waals surface area contributed by atoms with Gasteiger partial charge < -0.3 is 16.0 Å². The molecule has 1 aliphatic heterocycles. The number of halogens is 1. The molecule has 1 unspecified atom stereocenters. The van der Waals surface area contributed by atoms with E-state index < -0.39 is 0 Å². The topological polar surface area (TPSA) is 58.4 Å². The summed E-state index contributed by atoms with van der Waals surface area (Å²) in [5, 5.41) is 3.89. The van der Waals surface area contributed by atoms with Crippen LogP contribution >= 0.6 is 23.4 Å². The molecule has 1 aliphatic carbocycles. The Balaban J connectivity index is 1.71. The average Bonchev–Trinajstić information content (AvgIpc) is 3.29. The van der Waals surface area contributed by atoms with E-state index >= 15 is 0 Å². The molecule has 0 aromatic heterocycles. The lowest BCUT2D eigenvalue weighted by Gasteiger charge is -2.30. The van der Waals surface area contributed by atoms with Crippen LogP contribution in [0.2, 0.25) is 5.02 Å². The van der Waals surface area contributed by atoms with Crippen molar-refractivity contribution in [1.29, 1.82) is 0 Å². The van der Waals surface area contributed by atoms with Crippen LogP contribution in [0, 0.1) is 5.92 Å². The smallest absolute Gasteiger partial charge is 0.225 e. The fourth-order valence-electron chi connectivity index (χ4n) is 3.81. The molecule has 3 N–H and O–H groups in total. The Hall–Kier alpha value is -1.69. The van der Waals surface area contributed by atoms with E-state index in [2.05, 4.69) is 22.3 Å². The molecule has 1 heterocycles. The first-order valence-corrected chi connectivity index (χ1v) is 10.3. The van der Waals surface area contributed by atoms with E-state index in [1.54, 1.807) is 11.8 Å². The number of hydrogen-bond acceptors (Lipinski definition) is 4. The zero-order chi connectivity index (χ0) is 18.1. The van der Waals surface area contributed by atoms with Gasteiger partial charge in [0.05, 0.1) is 16.4 Å². The Morgan fingerprint density at radius 2 is 1.96 bits per heavy atom. The highest BCUT2D eigenvalue weighted by Gasteiger charge is 2.36. The second-order valence-electron chi connectivity index (χ2n) is 6.75. The van der Waals surface area contributed by atoms with Crippen LogP contribution in [-0.2, 0) is 11.3 Å². The predicted molar refractivity (Wildman–Crippen MR) is 108 cm³/mol. The van der Waals surface area contributed by atoms with Crippen molar-refractivity contribution in [2.45, 2.75) is 42.6 Å². The minimum absolute atomic E-state index is 0.126. The molecule has 0 saturated heterocycles. The highest BCUT2D eigenvalue weighted by atomic mass is 35.5. The molecule has 1 atom stereocenters. The van der Waals surface area contributed by atoms with Gasteiger partial charge in [0.15, 0.2) is 5.50 Å². The number of nitrogens with one attached hydrogen (secondary N) is 1. The van der Waals surface area contributed by atoms with Crippen LogP contribution in [0.1, 0.15) is 31.2 Å². The minimum Gasteiger partial charge on any atom is -0.326 e. The van der Waals surface area contributed by atoms with Gasteiger partial charge >= 0.3 is 0 Å². The maximum Gasteiger partial charge on any atom is 0.225 e. The molecular formula is C20H22ClN3OS. The Labute approximate surface area is 163 Å². The summed E-state index contributed by atoms with van der Waals surface area (Å²) in [4.78, 5) is 16.0.